The van der Waals surface area contributed by atoms with E-state index in [1.165, 1.54) is 11.8 Å². The first-order chi connectivity index (χ1) is 14.3. The van der Waals surface area contributed by atoms with E-state index in [4.69, 9.17) is 4.74 Å². The minimum Gasteiger partial charge on any atom is -0.488 e. The summed E-state index contributed by atoms with van der Waals surface area (Å²) in [5.74, 6) is -0.770. The molecule has 3 atom stereocenters. The van der Waals surface area contributed by atoms with Crippen LogP contribution in [0.3, 0.4) is 0 Å². The molecule has 3 rings (SSSR count). The van der Waals surface area contributed by atoms with Crippen LogP contribution in [-0.2, 0) is 14.4 Å². The van der Waals surface area contributed by atoms with E-state index in [0.29, 0.717) is 11.5 Å². The summed E-state index contributed by atoms with van der Waals surface area (Å²) in [7, 11) is 0. The summed E-state index contributed by atoms with van der Waals surface area (Å²) in [6.45, 7) is 3.38. The number of nitrogens with zero attached hydrogens (tertiary/aromatic N) is 1. The number of carboxylic acids is 1. The van der Waals surface area contributed by atoms with E-state index in [9.17, 15) is 19.5 Å². The molecule has 0 bridgehead atoms. The van der Waals surface area contributed by atoms with Crippen LogP contribution in [-0.4, -0.2) is 51.4 Å². The lowest BCUT2D eigenvalue weighted by atomic mass is 10.1. The molecule has 0 radical (unpaired) electrons. The van der Waals surface area contributed by atoms with Crippen molar-refractivity contribution in [3.8, 4) is 16.9 Å². The van der Waals surface area contributed by atoms with Crippen molar-refractivity contribution in [1.29, 1.82) is 0 Å². The monoisotopic (exact) mass is 427 g/mol. The Morgan fingerprint density at radius 2 is 1.73 bits per heavy atom. The lowest BCUT2D eigenvalue weighted by Gasteiger charge is -2.24. The van der Waals surface area contributed by atoms with E-state index in [2.05, 4.69) is 0 Å². The molecule has 1 heterocycles. The summed E-state index contributed by atoms with van der Waals surface area (Å²) in [6.07, 6.45) is -0.168. The number of ether oxygens (including phenoxy) is 1. The molecule has 1 saturated heterocycles. The molecule has 0 aliphatic carbocycles. The molecule has 2 aromatic carbocycles. The van der Waals surface area contributed by atoms with Crippen molar-refractivity contribution in [3.05, 3.63) is 54.6 Å². The second-order valence-electron chi connectivity index (χ2n) is 7.41. The van der Waals surface area contributed by atoms with Gasteiger partial charge in [0.1, 0.15) is 17.9 Å². The van der Waals surface area contributed by atoms with Gasteiger partial charge in [-0.25, -0.2) is 4.79 Å². The molecule has 30 heavy (non-hydrogen) atoms. The molecule has 1 amide bonds. The van der Waals surface area contributed by atoms with Crippen LogP contribution in [0.15, 0.2) is 54.6 Å². The van der Waals surface area contributed by atoms with Gasteiger partial charge in [-0.2, -0.15) is 0 Å². The third-order valence-corrected chi connectivity index (χ3v) is 6.13. The van der Waals surface area contributed by atoms with Gasteiger partial charge in [-0.3, -0.25) is 9.59 Å². The number of carbonyl (C=O) groups excluding carboxylic acids is 2. The van der Waals surface area contributed by atoms with Crippen LogP contribution in [0.1, 0.15) is 20.3 Å². The summed E-state index contributed by atoms with van der Waals surface area (Å²) in [5, 5.41) is 9.51. The number of likely N-dealkylation sites (tertiary alicyclic amines) is 1. The van der Waals surface area contributed by atoms with E-state index in [0.717, 1.165) is 22.9 Å². The second kappa shape index (κ2) is 9.80. The summed E-state index contributed by atoms with van der Waals surface area (Å²) in [4.78, 5) is 37.0. The molecule has 1 aliphatic heterocycles. The smallest absolute Gasteiger partial charge is 0.326 e. The maximum atomic E-state index is 12.8. The van der Waals surface area contributed by atoms with Crippen molar-refractivity contribution in [2.75, 3.05) is 12.3 Å². The largest absolute Gasteiger partial charge is 0.488 e. The van der Waals surface area contributed by atoms with Crippen molar-refractivity contribution in [2.45, 2.75) is 32.4 Å². The first-order valence-electron chi connectivity index (χ1n) is 9.84. The van der Waals surface area contributed by atoms with Crippen LogP contribution in [0.25, 0.3) is 11.1 Å². The van der Waals surface area contributed by atoms with Crippen LogP contribution >= 0.6 is 11.8 Å². The fourth-order valence-electron chi connectivity index (χ4n) is 3.51. The van der Waals surface area contributed by atoms with Gasteiger partial charge in [0, 0.05) is 25.0 Å². The summed E-state index contributed by atoms with van der Waals surface area (Å²) >= 11 is 1.07. The zero-order chi connectivity index (χ0) is 21.7. The molecule has 158 valence electrons. The van der Waals surface area contributed by atoms with Crippen LogP contribution < -0.4 is 4.74 Å². The number of aliphatic carboxylic acids is 1. The van der Waals surface area contributed by atoms with Crippen LogP contribution in [0.4, 0.5) is 0 Å². The number of carbonyl (C=O) groups is 3. The molecule has 2 aromatic rings. The van der Waals surface area contributed by atoms with Crippen molar-refractivity contribution in [3.63, 3.8) is 0 Å². The first kappa shape index (κ1) is 21.9. The van der Waals surface area contributed by atoms with Gasteiger partial charge in [-0.15, -0.1) is 0 Å². The fraction of sp³-hybridized carbons (Fsp3) is 0.348. The molecular formula is C23H25NO5S. The van der Waals surface area contributed by atoms with Crippen molar-refractivity contribution >= 4 is 28.8 Å². The number of amides is 1. The summed E-state index contributed by atoms with van der Waals surface area (Å²) in [5.41, 5.74) is 2.16. The number of thioether (sulfide) groups is 1. The molecule has 1 aliphatic rings. The second-order valence-corrected chi connectivity index (χ2v) is 8.61. The Bertz CT molecular complexity index is 900. The third-order valence-electron chi connectivity index (χ3n) is 5.05. The summed E-state index contributed by atoms with van der Waals surface area (Å²) < 4.78 is 5.99. The van der Waals surface area contributed by atoms with Gasteiger partial charge in [-0.05, 0) is 23.3 Å². The maximum Gasteiger partial charge on any atom is 0.326 e. The Hall–Kier alpha value is -2.80. The molecule has 7 heteroatoms. The van der Waals surface area contributed by atoms with Gasteiger partial charge in [0.2, 0.25) is 5.91 Å². The van der Waals surface area contributed by atoms with Gasteiger partial charge in [0.15, 0.2) is 5.12 Å². The number of hydrogen-bond donors (Lipinski definition) is 1. The van der Waals surface area contributed by atoms with Gasteiger partial charge in [0.05, 0.1) is 6.54 Å². The quantitative estimate of drug-likeness (QED) is 0.725. The normalized spacial score (nSPS) is 19.3. The van der Waals surface area contributed by atoms with E-state index in [-0.39, 0.29) is 24.0 Å². The lowest BCUT2D eigenvalue weighted by Crippen LogP contribution is -2.43. The molecule has 2 unspecified atom stereocenters. The third kappa shape index (κ3) is 5.42. The van der Waals surface area contributed by atoms with Crippen LogP contribution in [0, 0.1) is 5.92 Å². The molecule has 0 aromatic heterocycles. The van der Waals surface area contributed by atoms with Crippen LogP contribution in [0.5, 0.6) is 5.75 Å². The Morgan fingerprint density at radius 1 is 1.10 bits per heavy atom. The highest BCUT2D eigenvalue weighted by atomic mass is 32.2. The minimum atomic E-state index is -1.04. The average Bonchev–Trinajstić information content (AvgIpc) is 3.16. The minimum absolute atomic E-state index is 0.0639. The van der Waals surface area contributed by atoms with Crippen LogP contribution in [0.2, 0.25) is 0 Å². The standard InChI is InChI=1S/C23H25NO5S/c1-15(14-30-16(2)25)22(26)24-13-20(12-21(24)23(27)28)29-19-10-8-18(9-11-19)17-6-4-3-5-7-17/h3-11,15,20-21H,12-14H2,1-2H3,(H,27,28)/t15?,20?,21-/m0/s1. The predicted octanol–water partition coefficient (Wildman–Crippen LogP) is 3.70. The molecule has 1 N–H and O–H groups in total. The zero-order valence-corrected chi connectivity index (χ0v) is 17.8. The van der Waals surface area contributed by atoms with Gasteiger partial charge in [0.25, 0.3) is 0 Å². The first-order valence-corrected chi connectivity index (χ1v) is 10.8. The van der Waals surface area contributed by atoms with Gasteiger partial charge in [-0.1, -0.05) is 61.2 Å². The van der Waals surface area contributed by atoms with E-state index >= 15 is 0 Å². The Kier molecular flexibility index (Phi) is 7.15. The zero-order valence-electron chi connectivity index (χ0n) is 17.0. The Morgan fingerprint density at radius 3 is 2.33 bits per heavy atom. The molecular weight excluding hydrogens is 402 g/mol. The lowest BCUT2D eigenvalue weighted by molar-refractivity contribution is -0.149. The number of carboxylic acid groups (broad SMARTS) is 1. The molecule has 0 spiro atoms. The highest BCUT2D eigenvalue weighted by molar-refractivity contribution is 8.13. The fourth-order valence-corrected chi connectivity index (χ4v) is 4.13. The number of benzene rings is 2. The highest BCUT2D eigenvalue weighted by Gasteiger charge is 2.42. The van der Waals surface area contributed by atoms with Crippen molar-refractivity contribution < 1.29 is 24.2 Å². The van der Waals surface area contributed by atoms with Gasteiger partial charge < -0.3 is 14.7 Å². The predicted molar refractivity (Wildman–Crippen MR) is 116 cm³/mol. The Balaban J connectivity index is 1.65. The molecule has 6 nitrogen and oxygen atoms in total. The summed E-state index contributed by atoms with van der Waals surface area (Å²) in [6, 6.07) is 16.7. The average molecular weight is 428 g/mol. The maximum absolute atomic E-state index is 12.8. The van der Waals surface area contributed by atoms with Gasteiger partial charge >= 0.3 is 5.97 Å². The topological polar surface area (TPSA) is 83.9 Å². The SMILES string of the molecule is CC(=O)SCC(C)C(=O)N1CC(Oc2ccc(-c3ccccc3)cc2)C[C@H]1C(=O)O. The van der Waals surface area contributed by atoms with E-state index in [1.54, 1.807) is 6.92 Å². The molecule has 1 fully saturated rings. The van der Waals surface area contributed by atoms with E-state index < -0.39 is 24.0 Å². The number of hydrogen-bond acceptors (Lipinski definition) is 5. The number of rotatable bonds is 7. The highest BCUT2D eigenvalue weighted by Crippen LogP contribution is 2.27. The van der Waals surface area contributed by atoms with Crippen molar-refractivity contribution in [2.24, 2.45) is 5.92 Å². The molecule has 0 saturated carbocycles. The Labute approximate surface area is 180 Å². The van der Waals surface area contributed by atoms with Crippen molar-refractivity contribution in [1.82, 2.24) is 4.90 Å². The van der Waals surface area contributed by atoms with E-state index in [1.807, 2.05) is 54.6 Å².